The van der Waals surface area contributed by atoms with Gasteiger partial charge in [0.05, 0.1) is 10.4 Å². The van der Waals surface area contributed by atoms with E-state index in [1.807, 2.05) is 18.2 Å². The Kier molecular flexibility index (Phi) is 2.72. The summed E-state index contributed by atoms with van der Waals surface area (Å²) in [6.45, 7) is 0. The van der Waals surface area contributed by atoms with Gasteiger partial charge in [-0.1, -0.05) is 17.7 Å². The summed E-state index contributed by atoms with van der Waals surface area (Å²) in [4.78, 5) is 1.20. The highest BCUT2D eigenvalue weighted by molar-refractivity contribution is 7.17. The van der Waals surface area contributed by atoms with E-state index in [-0.39, 0.29) is 6.10 Å². The molecule has 0 saturated carbocycles. The number of aliphatic hydroxyl groups excluding tert-OH is 1. The first-order valence-electron chi connectivity index (χ1n) is 4.40. The predicted octanol–water partition coefficient (Wildman–Crippen LogP) is 3.33. The van der Waals surface area contributed by atoms with Gasteiger partial charge in [0.15, 0.2) is 0 Å². The highest BCUT2D eigenvalue weighted by Gasteiger charge is 2.13. The minimum Gasteiger partial charge on any atom is -0.389 e. The Labute approximate surface area is 86.7 Å². The highest BCUT2D eigenvalue weighted by Crippen LogP contribution is 2.33. The molecule has 3 heteroatoms. The van der Waals surface area contributed by atoms with Gasteiger partial charge in [-0.25, -0.2) is 0 Å². The van der Waals surface area contributed by atoms with Crippen molar-refractivity contribution in [3.05, 3.63) is 27.4 Å². The van der Waals surface area contributed by atoms with Crippen LogP contribution in [0.15, 0.2) is 18.2 Å². The third-order valence-corrected chi connectivity index (χ3v) is 3.54. The average molecular weight is 215 g/mol. The SMILES string of the molecule is OC1C=C(c2ccc(Cl)s2)CCC1. The maximum Gasteiger partial charge on any atom is 0.0934 e. The molecule has 1 aromatic rings. The molecule has 1 heterocycles. The largest absolute Gasteiger partial charge is 0.389 e. The molecule has 1 atom stereocenters. The van der Waals surface area contributed by atoms with Crippen molar-refractivity contribution in [1.82, 2.24) is 0 Å². The third-order valence-electron chi connectivity index (χ3n) is 2.23. The van der Waals surface area contributed by atoms with E-state index in [1.165, 1.54) is 10.5 Å². The molecule has 70 valence electrons. The van der Waals surface area contributed by atoms with Crippen molar-refractivity contribution in [2.45, 2.75) is 25.4 Å². The van der Waals surface area contributed by atoms with Crippen LogP contribution in [0, 0.1) is 0 Å². The summed E-state index contributed by atoms with van der Waals surface area (Å²) in [6.07, 6.45) is 4.72. The fraction of sp³-hybridized carbons (Fsp3) is 0.400. The van der Waals surface area contributed by atoms with Gasteiger partial charge >= 0.3 is 0 Å². The molecule has 0 aliphatic heterocycles. The fourth-order valence-corrected chi connectivity index (χ4v) is 2.69. The number of thiophene rings is 1. The average Bonchev–Trinajstić information content (AvgIpc) is 2.52. The fourth-order valence-electron chi connectivity index (χ4n) is 1.59. The van der Waals surface area contributed by atoms with E-state index in [4.69, 9.17) is 11.6 Å². The lowest BCUT2D eigenvalue weighted by molar-refractivity contribution is 0.206. The molecule has 1 aliphatic rings. The normalized spacial score (nSPS) is 22.9. The van der Waals surface area contributed by atoms with Crippen molar-refractivity contribution in [1.29, 1.82) is 0 Å². The second-order valence-corrected chi connectivity index (χ2v) is 4.97. The maximum atomic E-state index is 9.44. The van der Waals surface area contributed by atoms with Crippen LogP contribution in [-0.2, 0) is 0 Å². The topological polar surface area (TPSA) is 20.2 Å². The molecule has 1 nitrogen and oxygen atoms in total. The monoisotopic (exact) mass is 214 g/mol. The quantitative estimate of drug-likeness (QED) is 0.761. The van der Waals surface area contributed by atoms with Gasteiger partial charge in [-0.3, -0.25) is 0 Å². The van der Waals surface area contributed by atoms with Gasteiger partial charge in [0.1, 0.15) is 0 Å². The molecule has 0 saturated heterocycles. The van der Waals surface area contributed by atoms with Gasteiger partial charge in [-0.2, -0.15) is 0 Å². The number of aliphatic hydroxyl groups is 1. The first-order valence-corrected chi connectivity index (χ1v) is 5.59. The number of rotatable bonds is 1. The molecule has 0 aromatic carbocycles. The van der Waals surface area contributed by atoms with Gasteiger partial charge in [0.2, 0.25) is 0 Å². The summed E-state index contributed by atoms with van der Waals surface area (Å²) in [5.74, 6) is 0. The molecule has 13 heavy (non-hydrogen) atoms. The molecule has 0 amide bonds. The van der Waals surface area contributed by atoms with Crippen LogP contribution in [0.4, 0.5) is 0 Å². The van der Waals surface area contributed by atoms with Crippen molar-refractivity contribution >= 4 is 28.5 Å². The lowest BCUT2D eigenvalue weighted by atomic mass is 9.97. The van der Waals surface area contributed by atoms with Gasteiger partial charge in [0.25, 0.3) is 0 Å². The Morgan fingerprint density at radius 1 is 1.46 bits per heavy atom. The molecule has 1 unspecified atom stereocenters. The van der Waals surface area contributed by atoms with Crippen LogP contribution in [0.5, 0.6) is 0 Å². The van der Waals surface area contributed by atoms with Crippen molar-refractivity contribution in [3.63, 3.8) is 0 Å². The molecule has 0 spiro atoms. The Bertz CT molecular complexity index is 329. The number of halogens is 1. The van der Waals surface area contributed by atoms with Crippen LogP contribution in [0.25, 0.3) is 5.57 Å². The van der Waals surface area contributed by atoms with Crippen molar-refractivity contribution in [2.24, 2.45) is 0 Å². The minimum atomic E-state index is -0.260. The Morgan fingerprint density at radius 2 is 2.31 bits per heavy atom. The van der Waals surface area contributed by atoms with Gasteiger partial charge in [0, 0.05) is 4.88 Å². The molecule has 1 N–H and O–H groups in total. The molecule has 0 fully saturated rings. The zero-order chi connectivity index (χ0) is 9.26. The molecule has 0 radical (unpaired) electrons. The second-order valence-electron chi connectivity index (χ2n) is 3.26. The smallest absolute Gasteiger partial charge is 0.0934 e. The minimum absolute atomic E-state index is 0.260. The van der Waals surface area contributed by atoms with E-state index >= 15 is 0 Å². The molecule has 0 bridgehead atoms. The van der Waals surface area contributed by atoms with Crippen molar-refractivity contribution in [3.8, 4) is 0 Å². The predicted molar refractivity (Wildman–Crippen MR) is 57.2 cm³/mol. The molecule has 1 aromatic heterocycles. The first-order chi connectivity index (χ1) is 6.25. The van der Waals surface area contributed by atoms with E-state index < -0.39 is 0 Å². The van der Waals surface area contributed by atoms with Crippen LogP contribution in [0.3, 0.4) is 0 Å². The summed E-state index contributed by atoms with van der Waals surface area (Å²) >= 11 is 7.43. The Morgan fingerprint density at radius 3 is 2.92 bits per heavy atom. The van der Waals surface area contributed by atoms with Gasteiger partial charge in [-0.15, -0.1) is 11.3 Å². The van der Waals surface area contributed by atoms with Crippen LogP contribution in [0.2, 0.25) is 4.34 Å². The van der Waals surface area contributed by atoms with Crippen LogP contribution in [-0.4, -0.2) is 11.2 Å². The molecule has 2 rings (SSSR count). The van der Waals surface area contributed by atoms with Crippen LogP contribution >= 0.6 is 22.9 Å². The van der Waals surface area contributed by atoms with E-state index in [9.17, 15) is 5.11 Å². The summed E-state index contributed by atoms with van der Waals surface area (Å²) in [5.41, 5.74) is 1.25. The van der Waals surface area contributed by atoms with E-state index in [1.54, 1.807) is 11.3 Å². The van der Waals surface area contributed by atoms with E-state index in [0.717, 1.165) is 23.6 Å². The maximum absolute atomic E-state index is 9.44. The van der Waals surface area contributed by atoms with E-state index in [2.05, 4.69) is 0 Å². The summed E-state index contributed by atoms with van der Waals surface area (Å²) < 4.78 is 0.816. The Hall–Kier alpha value is -0.310. The highest BCUT2D eigenvalue weighted by atomic mass is 35.5. The Balaban J connectivity index is 2.25. The second kappa shape index (κ2) is 3.82. The van der Waals surface area contributed by atoms with Crippen molar-refractivity contribution < 1.29 is 5.11 Å². The summed E-state index contributed by atoms with van der Waals surface area (Å²) in [5, 5.41) is 9.44. The lowest BCUT2D eigenvalue weighted by Gasteiger charge is -2.15. The summed E-state index contributed by atoms with van der Waals surface area (Å²) in [6, 6.07) is 3.93. The number of hydrogen-bond donors (Lipinski definition) is 1. The van der Waals surface area contributed by atoms with Gasteiger partial charge < -0.3 is 5.11 Å². The molecular formula is C10H11ClOS. The van der Waals surface area contributed by atoms with Crippen molar-refractivity contribution in [2.75, 3.05) is 0 Å². The molecule has 1 aliphatic carbocycles. The third kappa shape index (κ3) is 2.13. The summed E-state index contributed by atoms with van der Waals surface area (Å²) in [7, 11) is 0. The van der Waals surface area contributed by atoms with Gasteiger partial charge in [-0.05, 0) is 37.0 Å². The molecular weight excluding hydrogens is 204 g/mol. The lowest BCUT2D eigenvalue weighted by Crippen LogP contribution is -2.07. The van der Waals surface area contributed by atoms with E-state index in [0.29, 0.717) is 0 Å². The zero-order valence-electron chi connectivity index (χ0n) is 7.16. The number of hydrogen-bond acceptors (Lipinski definition) is 2. The number of allylic oxidation sites excluding steroid dienone is 1. The zero-order valence-corrected chi connectivity index (χ0v) is 8.74. The first kappa shape index (κ1) is 9.25. The van der Waals surface area contributed by atoms with Crippen LogP contribution in [0.1, 0.15) is 24.1 Å². The standard InChI is InChI=1S/C10H11ClOS/c11-10-5-4-9(13-10)7-2-1-3-8(12)6-7/h4-6,8,12H,1-3H2. The van der Waals surface area contributed by atoms with Crippen LogP contribution < -0.4 is 0 Å².